The molecule has 2 nitrogen and oxygen atoms in total. The van der Waals surface area contributed by atoms with E-state index in [-0.39, 0.29) is 5.56 Å². The molecule has 0 aliphatic heterocycles. The summed E-state index contributed by atoms with van der Waals surface area (Å²) in [5, 5.41) is 8.96. The van der Waals surface area contributed by atoms with Crippen molar-refractivity contribution < 1.29 is 18.7 Å². The summed E-state index contributed by atoms with van der Waals surface area (Å²) in [5.41, 5.74) is 0.511. The standard InChI is InChI=1S/C13H8F2O2/c14-9-3-1-2-8(6-9)11-5-4-10(15)7-12(11)13(16)17/h1-7H,(H,16,17). The van der Waals surface area contributed by atoms with Crippen LogP contribution in [-0.4, -0.2) is 11.1 Å². The van der Waals surface area contributed by atoms with Gasteiger partial charge in [-0.3, -0.25) is 0 Å². The normalized spacial score (nSPS) is 10.2. The summed E-state index contributed by atoms with van der Waals surface area (Å²) in [4.78, 5) is 11.0. The highest BCUT2D eigenvalue weighted by Crippen LogP contribution is 2.25. The van der Waals surface area contributed by atoms with Crippen LogP contribution in [0, 0.1) is 11.6 Å². The monoisotopic (exact) mass is 234 g/mol. The second kappa shape index (κ2) is 4.33. The van der Waals surface area contributed by atoms with E-state index in [9.17, 15) is 13.6 Å². The highest BCUT2D eigenvalue weighted by Gasteiger charge is 2.13. The Morgan fingerprint density at radius 1 is 1.00 bits per heavy atom. The van der Waals surface area contributed by atoms with Crippen molar-refractivity contribution in [3.05, 3.63) is 59.7 Å². The van der Waals surface area contributed by atoms with Gasteiger partial charge in [0.1, 0.15) is 11.6 Å². The molecule has 0 heterocycles. The van der Waals surface area contributed by atoms with E-state index in [0.717, 1.165) is 12.1 Å². The number of halogens is 2. The minimum atomic E-state index is -1.25. The Kier molecular flexibility index (Phi) is 2.87. The van der Waals surface area contributed by atoms with Crippen molar-refractivity contribution in [2.45, 2.75) is 0 Å². The Morgan fingerprint density at radius 3 is 2.35 bits per heavy atom. The summed E-state index contributed by atoms with van der Waals surface area (Å²) >= 11 is 0. The van der Waals surface area contributed by atoms with Crippen LogP contribution in [0.4, 0.5) is 8.78 Å². The fraction of sp³-hybridized carbons (Fsp3) is 0. The molecule has 1 N–H and O–H groups in total. The molecule has 4 heteroatoms. The number of carboxylic acids is 1. The molecule has 0 fully saturated rings. The molecule has 0 aliphatic carbocycles. The largest absolute Gasteiger partial charge is 0.478 e. The average molecular weight is 234 g/mol. The van der Waals surface area contributed by atoms with Crippen LogP contribution < -0.4 is 0 Å². The molecule has 0 atom stereocenters. The number of hydrogen-bond acceptors (Lipinski definition) is 1. The quantitative estimate of drug-likeness (QED) is 0.865. The van der Waals surface area contributed by atoms with Crippen molar-refractivity contribution in [2.24, 2.45) is 0 Å². The predicted octanol–water partition coefficient (Wildman–Crippen LogP) is 3.33. The lowest BCUT2D eigenvalue weighted by Crippen LogP contribution is -2.00. The third-order valence-electron chi connectivity index (χ3n) is 2.35. The highest BCUT2D eigenvalue weighted by atomic mass is 19.1. The molecule has 2 rings (SSSR count). The van der Waals surface area contributed by atoms with Gasteiger partial charge >= 0.3 is 5.97 Å². The SMILES string of the molecule is O=C(O)c1cc(F)ccc1-c1cccc(F)c1. The first kappa shape index (κ1) is 11.3. The molecule has 0 radical (unpaired) electrons. The van der Waals surface area contributed by atoms with Crippen LogP contribution in [0.25, 0.3) is 11.1 Å². The molecule has 0 amide bonds. The third-order valence-corrected chi connectivity index (χ3v) is 2.35. The fourth-order valence-corrected chi connectivity index (χ4v) is 1.60. The summed E-state index contributed by atoms with van der Waals surface area (Å²) in [6.07, 6.45) is 0. The van der Waals surface area contributed by atoms with Gasteiger partial charge in [0, 0.05) is 0 Å². The molecule has 0 unspecified atom stereocenters. The maximum atomic E-state index is 13.0. The molecular formula is C13H8F2O2. The summed E-state index contributed by atoms with van der Waals surface area (Å²) in [6.45, 7) is 0. The van der Waals surface area contributed by atoms with E-state index < -0.39 is 17.6 Å². The van der Waals surface area contributed by atoms with Crippen LogP contribution >= 0.6 is 0 Å². The second-order valence-electron chi connectivity index (χ2n) is 3.51. The van der Waals surface area contributed by atoms with E-state index >= 15 is 0 Å². The van der Waals surface area contributed by atoms with Crippen LogP contribution in [0.1, 0.15) is 10.4 Å². The van der Waals surface area contributed by atoms with Gasteiger partial charge in [0.15, 0.2) is 0 Å². The van der Waals surface area contributed by atoms with E-state index in [2.05, 4.69) is 0 Å². The van der Waals surface area contributed by atoms with E-state index in [1.165, 1.54) is 24.3 Å². The minimum Gasteiger partial charge on any atom is -0.478 e. The van der Waals surface area contributed by atoms with E-state index in [1.807, 2.05) is 0 Å². The minimum absolute atomic E-state index is 0.185. The molecule has 0 aliphatic rings. The molecule has 2 aromatic rings. The summed E-state index contributed by atoms with van der Waals surface area (Å²) in [5.74, 6) is -2.35. The van der Waals surface area contributed by atoms with Crippen molar-refractivity contribution in [2.75, 3.05) is 0 Å². The smallest absolute Gasteiger partial charge is 0.336 e. The predicted molar refractivity (Wildman–Crippen MR) is 58.8 cm³/mol. The van der Waals surface area contributed by atoms with Crippen molar-refractivity contribution in [3.8, 4) is 11.1 Å². The number of hydrogen-bond donors (Lipinski definition) is 1. The first-order valence-corrected chi connectivity index (χ1v) is 4.87. The van der Waals surface area contributed by atoms with Gasteiger partial charge in [0.05, 0.1) is 5.56 Å². The molecule has 86 valence electrons. The number of benzene rings is 2. The molecule has 2 aromatic carbocycles. The number of aromatic carboxylic acids is 1. The highest BCUT2D eigenvalue weighted by molar-refractivity contribution is 5.96. The van der Waals surface area contributed by atoms with Gasteiger partial charge in [-0.15, -0.1) is 0 Å². The van der Waals surface area contributed by atoms with Crippen molar-refractivity contribution in [3.63, 3.8) is 0 Å². The number of carbonyl (C=O) groups is 1. The molecule has 0 spiro atoms. The van der Waals surface area contributed by atoms with E-state index in [0.29, 0.717) is 11.1 Å². The Morgan fingerprint density at radius 2 is 1.71 bits per heavy atom. The fourth-order valence-electron chi connectivity index (χ4n) is 1.60. The molecule has 0 aromatic heterocycles. The van der Waals surface area contributed by atoms with Crippen molar-refractivity contribution >= 4 is 5.97 Å². The molecule has 17 heavy (non-hydrogen) atoms. The summed E-state index contributed by atoms with van der Waals surface area (Å²) in [6, 6.07) is 8.90. The summed E-state index contributed by atoms with van der Waals surface area (Å²) < 4.78 is 26.0. The first-order valence-electron chi connectivity index (χ1n) is 4.87. The molecular weight excluding hydrogens is 226 g/mol. The van der Waals surface area contributed by atoms with Crippen LogP contribution in [-0.2, 0) is 0 Å². The van der Waals surface area contributed by atoms with Gasteiger partial charge in [-0.25, -0.2) is 13.6 Å². The van der Waals surface area contributed by atoms with Gasteiger partial charge in [-0.2, -0.15) is 0 Å². The lowest BCUT2D eigenvalue weighted by atomic mass is 9.99. The van der Waals surface area contributed by atoms with Gasteiger partial charge in [-0.05, 0) is 35.4 Å². The lowest BCUT2D eigenvalue weighted by Gasteiger charge is -2.06. The van der Waals surface area contributed by atoms with Crippen LogP contribution in [0.3, 0.4) is 0 Å². The van der Waals surface area contributed by atoms with Crippen LogP contribution in [0.5, 0.6) is 0 Å². The Bertz CT molecular complexity index is 579. The lowest BCUT2D eigenvalue weighted by molar-refractivity contribution is 0.0697. The van der Waals surface area contributed by atoms with Gasteiger partial charge < -0.3 is 5.11 Å². The molecule has 0 bridgehead atoms. The van der Waals surface area contributed by atoms with Crippen LogP contribution in [0.2, 0.25) is 0 Å². The number of carboxylic acid groups (broad SMARTS) is 1. The van der Waals surface area contributed by atoms with E-state index in [4.69, 9.17) is 5.11 Å². The van der Waals surface area contributed by atoms with E-state index in [1.54, 1.807) is 6.07 Å². The third kappa shape index (κ3) is 2.30. The topological polar surface area (TPSA) is 37.3 Å². The van der Waals surface area contributed by atoms with Crippen molar-refractivity contribution in [1.82, 2.24) is 0 Å². The van der Waals surface area contributed by atoms with Crippen molar-refractivity contribution in [1.29, 1.82) is 0 Å². The maximum Gasteiger partial charge on any atom is 0.336 e. The second-order valence-corrected chi connectivity index (χ2v) is 3.51. The Labute approximate surface area is 96.1 Å². The Hall–Kier alpha value is -2.23. The summed E-state index contributed by atoms with van der Waals surface area (Å²) in [7, 11) is 0. The zero-order chi connectivity index (χ0) is 12.4. The Balaban J connectivity index is 2.63. The zero-order valence-corrected chi connectivity index (χ0v) is 8.65. The van der Waals surface area contributed by atoms with Gasteiger partial charge in [0.25, 0.3) is 0 Å². The maximum absolute atomic E-state index is 13.0. The first-order chi connectivity index (χ1) is 8.08. The molecule has 0 saturated carbocycles. The average Bonchev–Trinajstić information content (AvgIpc) is 2.28. The van der Waals surface area contributed by atoms with Crippen LogP contribution in [0.15, 0.2) is 42.5 Å². The van der Waals surface area contributed by atoms with Gasteiger partial charge in [0.2, 0.25) is 0 Å². The van der Waals surface area contributed by atoms with Gasteiger partial charge in [-0.1, -0.05) is 18.2 Å². The molecule has 0 saturated heterocycles. The number of rotatable bonds is 2. The zero-order valence-electron chi connectivity index (χ0n) is 8.65.